The van der Waals surface area contributed by atoms with E-state index in [0.717, 1.165) is 5.69 Å². The molecule has 1 fully saturated rings. The summed E-state index contributed by atoms with van der Waals surface area (Å²) in [6.07, 6.45) is 0. The van der Waals surface area contributed by atoms with Crippen LogP contribution in [0.3, 0.4) is 0 Å². The van der Waals surface area contributed by atoms with Gasteiger partial charge in [-0.05, 0) is 50.2 Å². The van der Waals surface area contributed by atoms with Crippen molar-refractivity contribution in [1.29, 1.82) is 0 Å². The summed E-state index contributed by atoms with van der Waals surface area (Å²) in [4.78, 5) is 18.1. The molecule has 0 saturated carbocycles. The van der Waals surface area contributed by atoms with Gasteiger partial charge in [0.2, 0.25) is 10.0 Å². The van der Waals surface area contributed by atoms with Crippen LogP contribution >= 0.6 is 0 Å². The summed E-state index contributed by atoms with van der Waals surface area (Å²) < 4.78 is 27.4. The van der Waals surface area contributed by atoms with Gasteiger partial charge in [-0.3, -0.25) is 4.79 Å². The second kappa shape index (κ2) is 9.01. The molecule has 0 spiro atoms. The predicted molar refractivity (Wildman–Crippen MR) is 122 cm³/mol. The van der Waals surface area contributed by atoms with Gasteiger partial charge >= 0.3 is 0 Å². The van der Waals surface area contributed by atoms with Gasteiger partial charge in [0, 0.05) is 37.4 Å². The van der Waals surface area contributed by atoms with E-state index in [1.807, 2.05) is 42.2 Å². The molecule has 0 atom stereocenters. The van der Waals surface area contributed by atoms with Gasteiger partial charge in [0.15, 0.2) is 17.4 Å². The van der Waals surface area contributed by atoms with E-state index >= 15 is 0 Å². The maximum atomic E-state index is 13.0. The largest absolute Gasteiger partial charge is 0.352 e. The standard InChI is InChI=1S/C22H24N6O3S/c1-16-5-3-8-20(23-16)24-21-9-10-22(26-25-21)27-11-13-28(14-12-27)32(30,31)19-7-4-6-18(15-19)17(2)29/h3-10,15H,11-14H2,1-2H3,(H,23,24,25). The summed E-state index contributed by atoms with van der Waals surface area (Å²) in [6.45, 7) is 4.96. The molecule has 9 nitrogen and oxygen atoms in total. The minimum atomic E-state index is -3.67. The average Bonchev–Trinajstić information content (AvgIpc) is 2.80. The van der Waals surface area contributed by atoms with Crippen LogP contribution < -0.4 is 10.2 Å². The van der Waals surface area contributed by atoms with Crippen molar-refractivity contribution >= 4 is 33.3 Å². The van der Waals surface area contributed by atoms with Crippen molar-refractivity contribution in [3.05, 3.63) is 65.9 Å². The molecule has 2 aromatic heterocycles. The average molecular weight is 453 g/mol. The van der Waals surface area contributed by atoms with E-state index < -0.39 is 10.0 Å². The van der Waals surface area contributed by atoms with Crippen molar-refractivity contribution in [2.24, 2.45) is 0 Å². The molecule has 3 aromatic rings. The van der Waals surface area contributed by atoms with Crippen LogP contribution in [0.2, 0.25) is 0 Å². The molecule has 0 unspecified atom stereocenters. The van der Waals surface area contributed by atoms with Crippen molar-refractivity contribution < 1.29 is 13.2 Å². The first-order chi connectivity index (χ1) is 15.3. The monoisotopic (exact) mass is 452 g/mol. The first-order valence-corrected chi connectivity index (χ1v) is 11.7. The number of benzene rings is 1. The zero-order valence-corrected chi connectivity index (χ0v) is 18.7. The molecule has 0 amide bonds. The maximum Gasteiger partial charge on any atom is 0.243 e. The maximum absolute atomic E-state index is 13.0. The molecular formula is C22H24N6O3S. The number of nitrogens with one attached hydrogen (secondary N) is 1. The number of nitrogens with zero attached hydrogens (tertiary/aromatic N) is 5. The fourth-order valence-electron chi connectivity index (χ4n) is 3.49. The molecule has 3 heterocycles. The molecule has 10 heteroatoms. The molecule has 0 aliphatic carbocycles. The lowest BCUT2D eigenvalue weighted by Crippen LogP contribution is -2.49. The zero-order chi connectivity index (χ0) is 22.7. The number of anilines is 3. The minimum absolute atomic E-state index is 0.138. The Morgan fingerprint density at radius 3 is 2.34 bits per heavy atom. The van der Waals surface area contributed by atoms with E-state index in [9.17, 15) is 13.2 Å². The SMILES string of the molecule is CC(=O)c1cccc(S(=O)(=O)N2CCN(c3ccc(Nc4cccc(C)n4)nn3)CC2)c1. The summed E-state index contributed by atoms with van der Waals surface area (Å²) in [5.41, 5.74) is 1.29. The number of pyridine rings is 1. The molecule has 32 heavy (non-hydrogen) atoms. The van der Waals surface area contributed by atoms with Gasteiger partial charge in [-0.1, -0.05) is 18.2 Å². The molecule has 166 valence electrons. The van der Waals surface area contributed by atoms with Gasteiger partial charge in [-0.2, -0.15) is 4.31 Å². The lowest BCUT2D eigenvalue weighted by atomic mass is 10.2. The van der Waals surface area contributed by atoms with E-state index in [1.165, 1.54) is 23.4 Å². The predicted octanol–water partition coefficient (Wildman–Crippen LogP) is 2.64. The molecule has 1 aliphatic heterocycles. The van der Waals surface area contributed by atoms with Crippen LogP contribution in [0.25, 0.3) is 0 Å². The Morgan fingerprint density at radius 2 is 1.69 bits per heavy atom. The Kier molecular flexibility index (Phi) is 6.15. The summed E-state index contributed by atoms with van der Waals surface area (Å²) in [5, 5.41) is 11.6. The Balaban J connectivity index is 1.40. The van der Waals surface area contributed by atoms with Crippen LogP contribution in [-0.2, 0) is 10.0 Å². The summed E-state index contributed by atoms with van der Waals surface area (Å²) in [5.74, 6) is 1.79. The molecule has 1 aliphatic rings. The van der Waals surface area contributed by atoms with Gasteiger partial charge in [-0.15, -0.1) is 10.2 Å². The molecule has 1 saturated heterocycles. The number of rotatable bonds is 6. The van der Waals surface area contributed by atoms with Gasteiger partial charge in [0.05, 0.1) is 4.90 Å². The Hall–Kier alpha value is -3.37. The number of carbonyl (C=O) groups is 1. The van der Waals surface area contributed by atoms with Gasteiger partial charge in [0.25, 0.3) is 0 Å². The fourth-order valence-corrected chi connectivity index (χ4v) is 4.96. The number of piperazine rings is 1. The van der Waals surface area contributed by atoms with Gasteiger partial charge in [-0.25, -0.2) is 13.4 Å². The Bertz CT molecular complexity index is 1220. The van der Waals surface area contributed by atoms with E-state index in [0.29, 0.717) is 49.2 Å². The highest BCUT2D eigenvalue weighted by Crippen LogP contribution is 2.22. The Labute approximate surface area is 187 Å². The highest BCUT2D eigenvalue weighted by atomic mass is 32.2. The Morgan fingerprint density at radius 1 is 0.938 bits per heavy atom. The third kappa shape index (κ3) is 4.76. The number of hydrogen-bond acceptors (Lipinski definition) is 8. The second-order valence-electron chi connectivity index (χ2n) is 7.54. The molecular weight excluding hydrogens is 428 g/mol. The molecule has 0 bridgehead atoms. The van der Waals surface area contributed by atoms with Gasteiger partial charge < -0.3 is 10.2 Å². The number of carbonyl (C=O) groups excluding carboxylic acids is 1. The number of aryl methyl sites for hydroxylation is 1. The highest BCUT2D eigenvalue weighted by molar-refractivity contribution is 7.89. The van der Waals surface area contributed by atoms with Crippen LogP contribution in [0.5, 0.6) is 0 Å². The number of hydrogen-bond donors (Lipinski definition) is 1. The second-order valence-corrected chi connectivity index (χ2v) is 9.48. The number of ketones is 1. The lowest BCUT2D eigenvalue weighted by molar-refractivity contribution is 0.101. The van der Waals surface area contributed by atoms with Crippen LogP contribution in [0, 0.1) is 6.92 Å². The van der Waals surface area contributed by atoms with Crippen molar-refractivity contribution in [3.63, 3.8) is 0 Å². The van der Waals surface area contributed by atoms with E-state index in [4.69, 9.17) is 0 Å². The van der Waals surface area contributed by atoms with Crippen LogP contribution in [0.1, 0.15) is 23.0 Å². The summed E-state index contributed by atoms with van der Waals surface area (Å²) >= 11 is 0. The smallest absolute Gasteiger partial charge is 0.243 e. The van der Waals surface area contributed by atoms with Crippen molar-refractivity contribution in [1.82, 2.24) is 19.5 Å². The third-order valence-corrected chi connectivity index (χ3v) is 7.13. The number of aromatic nitrogens is 3. The molecule has 1 aromatic carbocycles. The van der Waals surface area contributed by atoms with Crippen molar-refractivity contribution in [3.8, 4) is 0 Å². The quantitative estimate of drug-likeness (QED) is 0.569. The van der Waals surface area contributed by atoms with E-state index in [1.54, 1.807) is 12.1 Å². The summed E-state index contributed by atoms with van der Waals surface area (Å²) in [7, 11) is -3.67. The zero-order valence-electron chi connectivity index (χ0n) is 17.9. The first kappa shape index (κ1) is 21.8. The summed E-state index contributed by atoms with van der Waals surface area (Å²) in [6, 6.07) is 15.5. The van der Waals surface area contributed by atoms with E-state index in [-0.39, 0.29) is 10.7 Å². The van der Waals surface area contributed by atoms with Crippen molar-refractivity contribution in [2.75, 3.05) is 36.4 Å². The minimum Gasteiger partial charge on any atom is -0.352 e. The van der Waals surface area contributed by atoms with Crippen LogP contribution in [0.4, 0.5) is 17.5 Å². The molecule has 0 radical (unpaired) electrons. The van der Waals surface area contributed by atoms with E-state index in [2.05, 4.69) is 20.5 Å². The molecule has 4 rings (SSSR count). The van der Waals surface area contributed by atoms with Crippen LogP contribution in [0.15, 0.2) is 59.5 Å². The lowest BCUT2D eigenvalue weighted by Gasteiger charge is -2.34. The van der Waals surface area contributed by atoms with Crippen LogP contribution in [-0.4, -0.2) is 59.9 Å². The highest BCUT2D eigenvalue weighted by Gasteiger charge is 2.29. The number of Topliss-reactive ketones (excluding diaryl/α,β-unsaturated/α-hetero) is 1. The normalized spacial score (nSPS) is 14.9. The molecule has 1 N–H and O–H groups in total. The van der Waals surface area contributed by atoms with Crippen molar-refractivity contribution in [2.45, 2.75) is 18.7 Å². The fraction of sp³-hybridized carbons (Fsp3) is 0.273. The van der Waals surface area contributed by atoms with Gasteiger partial charge in [0.1, 0.15) is 5.82 Å². The third-order valence-electron chi connectivity index (χ3n) is 5.24. The number of sulfonamides is 1. The topological polar surface area (TPSA) is 108 Å². The first-order valence-electron chi connectivity index (χ1n) is 10.2.